The second kappa shape index (κ2) is 3.31. The molecule has 0 aliphatic carbocycles. The van der Waals surface area contributed by atoms with E-state index < -0.39 is 15.9 Å². The van der Waals surface area contributed by atoms with Crippen LogP contribution in [0.15, 0.2) is 17.0 Å². The molecule has 0 atom stereocenters. The summed E-state index contributed by atoms with van der Waals surface area (Å²) in [5, 5.41) is 0. The topological polar surface area (TPSA) is 63.2 Å². The molecule has 0 radical (unpaired) electrons. The summed E-state index contributed by atoms with van der Waals surface area (Å²) in [7, 11) is -3.63. The Morgan fingerprint density at radius 3 is 2.44 bits per heavy atom. The van der Waals surface area contributed by atoms with Crippen LogP contribution in [-0.4, -0.2) is 14.3 Å². The van der Waals surface area contributed by atoms with E-state index in [9.17, 15) is 13.2 Å². The van der Waals surface area contributed by atoms with Crippen LogP contribution in [0.3, 0.4) is 0 Å². The standard InChI is InChI=1S/C11H13NO3S/c1-6(2)8-4-7(3)5-9-10(8)11(13)12-16(9,14)15/h4-6H,1-3H3,(H,12,13). The van der Waals surface area contributed by atoms with E-state index in [0.717, 1.165) is 11.1 Å². The zero-order chi connectivity index (χ0) is 12.1. The molecule has 1 N–H and O–H groups in total. The van der Waals surface area contributed by atoms with Gasteiger partial charge in [-0.25, -0.2) is 13.1 Å². The minimum Gasteiger partial charge on any atom is -0.268 e. The van der Waals surface area contributed by atoms with Gasteiger partial charge in [0.2, 0.25) is 0 Å². The second-order valence-corrected chi connectivity index (χ2v) is 5.97. The molecule has 1 aromatic carbocycles. The van der Waals surface area contributed by atoms with Gasteiger partial charge in [-0.15, -0.1) is 0 Å². The molecule has 1 aliphatic heterocycles. The number of carbonyl (C=O) groups is 1. The molecule has 0 bridgehead atoms. The zero-order valence-electron chi connectivity index (χ0n) is 9.37. The predicted octanol–water partition coefficient (Wildman–Crippen LogP) is 1.55. The van der Waals surface area contributed by atoms with E-state index in [4.69, 9.17) is 0 Å². The van der Waals surface area contributed by atoms with E-state index in [0.29, 0.717) is 5.56 Å². The summed E-state index contributed by atoms with van der Waals surface area (Å²) < 4.78 is 25.3. The highest BCUT2D eigenvalue weighted by atomic mass is 32.2. The summed E-state index contributed by atoms with van der Waals surface area (Å²) in [5.41, 5.74) is 1.94. The van der Waals surface area contributed by atoms with Crippen LogP contribution in [0.5, 0.6) is 0 Å². The summed E-state index contributed by atoms with van der Waals surface area (Å²) in [6.45, 7) is 5.70. The van der Waals surface area contributed by atoms with Gasteiger partial charge in [0.25, 0.3) is 15.9 Å². The van der Waals surface area contributed by atoms with Crippen LogP contribution in [0.4, 0.5) is 0 Å². The van der Waals surface area contributed by atoms with Crippen molar-refractivity contribution in [2.24, 2.45) is 0 Å². The van der Waals surface area contributed by atoms with Crippen LogP contribution in [0.25, 0.3) is 0 Å². The molecule has 0 saturated heterocycles. The number of hydrogen-bond donors (Lipinski definition) is 1. The van der Waals surface area contributed by atoms with Gasteiger partial charge in [-0.3, -0.25) is 4.79 Å². The van der Waals surface area contributed by atoms with Crippen molar-refractivity contribution in [2.45, 2.75) is 31.6 Å². The van der Waals surface area contributed by atoms with Gasteiger partial charge in [0.15, 0.2) is 0 Å². The Kier molecular flexibility index (Phi) is 2.31. The summed E-state index contributed by atoms with van der Waals surface area (Å²) >= 11 is 0. The maximum absolute atomic E-state index is 11.7. The molecule has 86 valence electrons. The Hall–Kier alpha value is -1.36. The molecule has 2 rings (SSSR count). The lowest BCUT2D eigenvalue weighted by Gasteiger charge is -2.10. The highest BCUT2D eigenvalue weighted by molar-refractivity contribution is 7.90. The number of carbonyl (C=O) groups excluding carboxylic acids is 1. The van der Waals surface area contributed by atoms with E-state index >= 15 is 0 Å². The van der Waals surface area contributed by atoms with Crippen molar-refractivity contribution in [1.82, 2.24) is 4.72 Å². The Bertz CT molecular complexity index is 573. The largest absolute Gasteiger partial charge is 0.268 e. The first-order valence-electron chi connectivity index (χ1n) is 5.04. The fourth-order valence-corrected chi connectivity index (χ4v) is 3.20. The highest BCUT2D eigenvalue weighted by Crippen LogP contribution is 2.31. The molecule has 5 heteroatoms. The van der Waals surface area contributed by atoms with Gasteiger partial charge in [-0.05, 0) is 30.0 Å². The fourth-order valence-electron chi connectivity index (χ4n) is 1.92. The van der Waals surface area contributed by atoms with Crippen LogP contribution < -0.4 is 4.72 Å². The van der Waals surface area contributed by atoms with E-state index in [1.165, 1.54) is 6.07 Å². The number of benzene rings is 1. The Labute approximate surface area is 94.7 Å². The molecule has 0 saturated carbocycles. The molecule has 1 aromatic rings. The monoisotopic (exact) mass is 239 g/mol. The van der Waals surface area contributed by atoms with Gasteiger partial charge in [0.1, 0.15) is 4.90 Å². The van der Waals surface area contributed by atoms with Crippen molar-refractivity contribution in [2.75, 3.05) is 0 Å². The van der Waals surface area contributed by atoms with Gasteiger partial charge in [0, 0.05) is 0 Å². The first-order valence-corrected chi connectivity index (χ1v) is 6.53. The molecule has 16 heavy (non-hydrogen) atoms. The smallest absolute Gasteiger partial charge is 0.266 e. The SMILES string of the molecule is Cc1cc(C(C)C)c2c(c1)S(=O)(=O)NC2=O. The molecule has 1 heterocycles. The highest BCUT2D eigenvalue weighted by Gasteiger charge is 2.35. The first kappa shape index (κ1) is 11.1. The van der Waals surface area contributed by atoms with E-state index in [1.54, 1.807) is 0 Å². The third kappa shape index (κ3) is 1.51. The maximum Gasteiger partial charge on any atom is 0.266 e. The number of rotatable bonds is 1. The normalized spacial score (nSPS) is 17.4. The fraction of sp³-hybridized carbons (Fsp3) is 0.364. The third-order valence-electron chi connectivity index (χ3n) is 2.64. The number of fused-ring (bicyclic) bond motifs is 1. The molecule has 1 aliphatic rings. The van der Waals surface area contributed by atoms with E-state index in [-0.39, 0.29) is 10.8 Å². The Morgan fingerprint density at radius 1 is 1.25 bits per heavy atom. The maximum atomic E-state index is 11.7. The molecule has 1 amide bonds. The summed E-state index contributed by atoms with van der Waals surface area (Å²) in [6, 6.07) is 3.40. The Morgan fingerprint density at radius 2 is 1.88 bits per heavy atom. The molecule has 0 aromatic heterocycles. The van der Waals surface area contributed by atoms with Crippen molar-refractivity contribution >= 4 is 15.9 Å². The van der Waals surface area contributed by atoms with Crippen molar-refractivity contribution in [3.05, 3.63) is 28.8 Å². The van der Waals surface area contributed by atoms with Gasteiger partial charge in [-0.1, -0.05) is 19.9 Å². The number of sulfonamides is 1. The quantitative estimate of drug-likeness (QED) is 0.808. The van der Waals surface area contributed by atoms with Gasteiger partial charge >= 0.3 is 0 Å². The van der Waals surface area contributed by atoms with Crippen LogP contribution in [0.1, 0.15) is 41.3 Å². The zero-order valence-corrected chi connectivity index (χ0v) is 10.2. The lowest BCUT2D eigenvalue weighted by atomic mass is 9.95. The van der Waals surface area contributed by atoms with Crippen molar-refractivity contribution in [3.8, 4) is 0 Å². The van der Waals surface area contributed by atoms with Crippen LogP contribution in [0, 0.1) is 6.92 Å². The Balaban J connectivity index is 2.84. The minimum atomic E-state index is -3.63. The van der Waals surface area contributed by atoms with Crippen molar-refractivity contribution in [3.63, 3.8) is 0 Å². The molecule has 0 spiro atoms. The third-order valence-corrected chi connectivity index (χ3v) is 4.00. The average molecular weight is 239 g/mol. The van der Waals surface area contributed by atoms with Gasteiger partial charge in [-0.2, -0.15) is 0 Å². The lowest BCUT2D eigenvalue weighted by Crippen LogP contribution is -2.21. The molecule has 0 fully saturated rings. The van der Waals surface area contributed by atoms with Crippen molar-refractivity contribution in [1.29, 1.82) is 0 Å². The number of amides is 1. The average Bonchev–Trinajstić information content (AvgIpc) is 2.36. The summed E-state index contributed by atoms with van der Waals surface area (Å²) in [4.78, 5) is 11.7. The molecule has 4 nitrogen and oxygen atoms in total. The van der Waals surface area contributed by atoms with Gasteiger partial charge < -0.3 is 0 Å². The van der Waals surface area contributed by atoms with Crippen molar-refractivity contribution < 1.29 is 13.2 Å². The van der Waals surface area contributed by atoms with Crippen LogP contribution in [-0.2, 0) is 10.0 Å². The van der Waals surface area contributed by atoms with Crippen LogP contribution in [0.2, 0.25) is 0 Å². The van der Waals surface area contributed by atoms with E-state index in [2.05, 4.69) is 0 Å². The number of nitrogens with one attached hydrogen (secondary N) is 1. The number of aryl methyl sites for hydroxylation is 1. The molecule has 0 unspecified atom stereocenters. The second-order valence-electron chi connectivity index (χ2n) is 4.32. The first-order chi connectivity index (χ1) is 7.33. The minimum absolute atomic E-state index is 0.112. The summed E-state index contributed by atoms with van der Waals surface area (Å²) in [5.74, 6) is -0.397. The van der Waals surface area contributed by atoms with Crippen LogP contribution >= 0.6 is 0 Å². The van der Waals surface area contributed by atoms with Gasteiger partial charge in [0.05, 0.1) is 5.56 Å². The lowest BCUT2D eigenvalue weighted by molar-refractivity contribution is 0.0984. The number of hydrogen-bond acceptors (Lipinski definition) is 3. The predicted molar refractivity (Wildman–Crippen MR) is 59.9 cm³/mol. The van der Waals surface area contributed by atoms with E-state index in [1.807, 2.05) is 31.6 Å². The summed E-state index contributed by atoms with van der Waals surface area (Å²) in [6.07, 6.45) is 0. The molecular formula is C11H13NO3S. The molecular weight excluding hydrogens is 226 g/mol.